The van der Waals surface area contributed by atoms with Gasteiger partial charge in [-0.05, 0) is 31.1 Å². The molecule has 120 valence electrons. The number of amides is 1. The third kappa shape index (κ3) is 4.71. The summed E-state index contributed by atoms with van der Waals surface area (Å²) in [6.45, 7) is 4.12. The Morgan fingerprint density at radius 2 is 1.87 bits per heavy atom. The van der Waals surface area contributed by atoms with Gasteiger partial charge in [0.1, 0.15) is 5.75 Å². The van der Waals surface area contributed by atoms with Gasteiger partial charge in [0.2, 0.25) is 5.91 Å². The summed E-state index contributed by atoms with van der Waals surface area (Å²) in [4.78, 5) is 12.2. The van der Waals surface area contributed by atoms with Crippen molar-refractivity contribution in [3.63, 3.8) is 0 Å². The fourth-order valence-electron chi connectivity index (χ4n) is 2.41. The molecule has 2 aromatic carbocycles. The van der Waals surface area contributed by atoms with Gasteiger partial charge in [-0.25, -0.2) is 0 Å². The van der Waals surface area contributed by atoms with Crippen LogP contribution >= 0.6 is 0 Å². The third-order valence-electron chi connectivity index (χ3n) is 3.76. The quantitative estimate of drug-likeness (QED) is 0.809. The van der Waals surface area contributed by atoms with Crippen molar-refractivity contribution in [2.45, 2.75) is 26.3 Å². The molecule has 1 amide bonds. The number of methoxy groups -OCH3 is 1. The van der Waals surface area contributed by atoms with Crippen LogP contribution in [0.5, 0.6) is 5.75 Å². The normalized spacial score (nSPS) is 12.1. The summed E-state index contributed by atoms with van der Waals surface area (Å²) in [5, 5.41) is 3.04. The van der Waals surface area contributed by atoms with Gasteiger partial charge in [0.25, 0.3) is 0 Å². The van der Waals surface area contributed by atoms with E-state index in [1.54, 1.807) is 19.3 Å². The highest BCUT2D eigenvalue weighted by atomic mass is 16.5. The topological polar surface area (TPSA) is 38.3 Å². The highest BCUT2D eigenvalue weighted by Crippen LogP contribution is 2.19. The molecule has 0 aromatic heterocycles. The van der Waals surface area contributed by atoms with E-state index in [-0.39, 0.29) is 11.9 Å². The lowest BCUT2D eigenvalue weighted by Gasteiger charge is -2.16. The summed E-state index contributed by atoms with van der Waals surface area (Å²) < 4.78 is 5.28. The summed E-state index contributed by atoms with van der Waals surface area (Å²) in [7, 11) is 1.62. The molecule has 0 aliphatic rings. The second-order valence-corrected chi connectivity index (χ2v) is 5.46. The maximum absolute atomic E-state index is 12.2. The van der Waals surface area contributed by atoms with Crippen molar-refractivity contribution >= 4 is 12.0 Å². The molecule has 0 fully saturated rings. The Morgan fingerprint density at radius 3 is 2.52 bits per heavy atom. The molecule has 3 heteroatoms. The highest BCUT2D eigenvalue weighted by molar-refractivity contribution is 5.92. The van der Waals surface area contributed by atoms with E-state index in [0.717, 1.165) is 23.3 Å². The minimum absolute atomic E-state index is 0.0189. The molecule has 0 saturated carbocycles. The van der Waals surface area contributed by atoms with Gasteiger partial charge < -0.3 is 10.1 Å². The van der Waals surface area contributed by atoms with Gasteiger partial charge >= 0.3 is 0 Å². The van der Waals surface area contributed by atoms with Crippen LogP contribution in [-0.2, 0) is 4.79 Å². The molecule has 0 radical (unpaired) electrons. The lowest BCUT2D eigenvalue weighted by atomic mass is 10.0. The van der Waals surface area contributed by atoms with Crippen LogP contribution in [0.2, 0.25) is 0 Å². The highest BCUT2D eigenvalue weighted by Gasteiger charge is 2.10. The van der Waals surface area contributed by atoms with Crippen LogP contribution in [-0.4, -0.2) is 13.0 Å². The molecule has 1 atom stereocenters. The first-order valence-corrected chi connectivity index (χ1v) is 7.82. The number of hydrogen-bond donors (Lipinski definition) is 1. The fraction of sp³-hybridized carbons (Fsp3) is 0.250. The van der Waals surface area contributed by atoms with Crippen molar-refractivity contribution < 1.29 is 9.53 Å². The van der Waals surface area contributed by atoms with Crippen LogP contribution in [0.4, 0.5) is 0 Å². The molecule has 0 heterocycles. The minimum Gasteiger partial charge on any atom is -0.496 e. The summed E-state index contributed by atoms with van der Waals surface area (Å²) in [6.07, 6.45) is 4.17. The second kappa shape index (κ2) is 8.18. The Hall–Kier alpha value is -2.55. The number of benzene rings is 2. The monoisotopic (exact) mass is 309 g/mol. The molecule has 3 nitrogen and oxygen atoms in total. The Balaban J connectivity index is 2.05. The van der Waals surface area contributed by atoms with Gasteiger partial charge in [-0.1, -0.05) is 55.0 Å². The maximum atomic E-state index is 12.2. The second-order valence-electron chi connectivity index (χ2n) is 5.46. The van der Waals surface area contributed by atoms with Crippen molar-refractivity contribution in [1.29, 1.82) is 0 Å². The number of rotatable bonds is 6. The van der Waals surface area contributed by atoms with Crippen LogP contribution in [0.15, 0.2) is 54.6 Å². The van der Waals surface area contributed by atoms with Crippen LogP contribution in [0.25, 0.3) is 6.08 Å². The average Bonchev–Trinajstić information content (AvgIpc) is 2.59. The maximum Gasteiger partial charge on any atom is 0.244 e. The zero-order chi connectivity index (χ0) is 16.7. The molecule has 0 spiro atoms. The first-order chi connectivity index (χ1) is 11.1. The number of nitrogens with one attached hydrogen (secondary N) is 1. The van der Waals surface area contributed by atoms with E-state index in [1.807, 2.05) is 24.3 Å². The van der Waals surface area contributed by atoms with Gasteiger partial charge in [0.05, 0.1) is 13.2 Å². The van der Waals surface area contributed by atoms with E-state index in [0.29, 0.717) is 0 Å². The van der Waals surface area contributed by atoms with Crippen LogP contribution in [0, 0.1) is 6.92 Å². The van der Waals surface area contributed by atoms with Crippen molar-refractivity contribution in [3.8, 4) is 5.75 Å². The number of carbonyl (C=O) groups excluding carboxylic acids is 1. The van der Waals surface area contributed by atoms with Gasteiger partial charge in [-0.3, -0.25) is 4.79 Å². The van der Waals surface area contributed by atoms with E-state index in [9.17, 15) is 4.79 Å². The molecule has 2 rings (SSSR count). The standard InChI is InChI=1S/C20H23NO2/c1-4-18(16-11-9-15(2)10-12-16)21-20(22)14-13-17-7-5-6-8-19(17)23-3/h5-14,18H,4H2,1-3H3,(H,21,22)/b14-13+/t18-/m1/s1. The molecule has 0 aliphatic heterocycles. The zero-order valence-electron chi connectivity index (χ0n) is 13.9. The number of para-hydroxylation sites is 1. The Bertz CT molecular complexity index is 674. The van der Waals surface area contributed by atoms with Gasteiger partial charge in [-0.15, -0.1) is 0 Å². The Morgan fingerprint density at radius 1 is 1.17 bits per heavy atom. The summed E-state index contributed by atoms with van der Waals surface area (Å²) in [5.74, 6) is 0.644. The van der Waals surface area contributed by atoms with Crippen LogP contribution in [0.3, 0.4) is 0 Å². The molecule has 2 aromatic rings. The first-order valence-electron chi connectivity index (χ1n) is 7.82. The summed E-state index contributed by atoms with van der Waals surface area (Å²) in [6, 6.07) is 15.9. The number of hydrogen-bond acceptors (Lipinski definition) is 2. The predicted octanol–water partition coefficient (Wildman–Crippen LogP) is 4.28. The molecule has 0 unspecified atom stereocenters. The molecule has 1 N–H and O–H groups in total. The fourth-order valence-corrected chi connectivity index (χ4v) is 2.41. The lowest BCUT2D eigenvalue weighted by Crippen LogP contribution is -2.26. The van der Waals surface area contributed by atoms with Crippen LogP contribution < -0.4 is 10.1 Å². The molecule has 0 saturated heterocycles. The van der Waals surface area contributed by atoms with E-state index >= 15 is 0 Å². The van der Waals surface area contributed by atoms with Crippen molar-refractivity contribution in [3.05, 3.63) is 71.3 Å². The van der Waals surface area contributed by atoms with Gasteiger partial charge in [-0.2, -0.15) is 0 Å². The number of carbonyl (C=O) groups is 1. The first kappa shape index (κ1) is 16.8. The van der Waals surface area contributed by atoms with Crippen molar-refractivity contribution in [2.75, 3.05) is 7.11 Å². The van der Waals surface area contributed by atoms with Crippen molar-refractivity contribution in [1.82, 2.24) is 5.32 Å². The van der Waals surface area contributed by atoms with Gasteiger partial charge in [0.15, 0.2) is 0 Å². The Labute approximate surface area is 138 Å². The third-order valence-corrected chi connectivity index (χ3v) is 3.76. The summed E-state index contributed by atoms with van der Waals surface area (Å²) >= 11 is 0. The average molecular weight is 309 g/mol. The van der Waals surface area contributed by atoms with Gasteiger partial charge in [0, 0.05) is 11.6 Å². The van der Waals surface area contributed by atoms with E-state index < -0.39 is 0 Å². The molecule has 0 bridgehead atoms. The number of ether oxygens (including phenoxy) is 1. The minimum atomic E-state index is -0.108. The zero-order valence-corrected chi connectivity index (χ0v) is 13.9. The lowest BCUT2D eigenvalue weighted by molar-refractivity contribution is -0.117. The van der Waals surface area contributed by atoms with Crippen LogP contribution in [0.1, 0.15) is 36.1 Å². The predicted molar refractivity (Wildman–Crippen MR) is 94.4 cm³/mol. The van der Waals surface area contributed by atoms with Crippen molar-refractivity contribution in [2.24, 2.45) is 0 Å². The molecular formula is C20H23NO2. The number of aryl methyl sites for hydroxylation is 1. The smallest absolute Gasteiger partial charge is 0.244 e. The largest absolute Gasteiger partial charge is 0.496 e. The van der Waals surface area contributed by atoms with E-state index in [2.05, 4.69) is 43.4 Å². The molecule has 0 aliphatic carbocycles. The Kier molecular flexibility index (Phi) is 5.98. The summed E-state index contributed by atoms with van der Waals surface area (Å²) in [5.41, 5.74) is 3.22. The SMILES string of the molecule is CC[C@@H](NC(=O)/C=C/c1ccccc1OC)c1ccc(C)cc1. The molecular weight excluding hydrogens is 286 g/mol. The van der Waals surface area contributed by atoms with E-state index in [4.69, 9.17) is 4.74 Å². The van der Waals surface area contributed by atoms with E-state index in [1.165, 1.54) is 5.56 Å². The molecule has 23 heavy (non-hydrogen) atoms.